The normalized spacial score (nSPS) is 12.2. The second-order valence-electron chi connectivity index (χ2n) is 8.89. The van der Waals surface area contributed by atoms with E-state index in [1.54, 1.807) is 0 Å². The van der Waals surface area contributed by atoms with Crippen molar-refractivity contribution in [1.29, 1.82) is 0 Å². The Bertz CT molecular complexity index is 869. The summed E-state index contributed by atoms with van der Waals surface area (Å²) in [7, 11) is 0. The Morgan fingerprint density at radius 1 is 1.04 bits per heavy atom. The number of rotatable bonds is 7. The fourth-order valence-electron chi connectivity index (χ4n) is 3.58. The Morgan fingerprint density at radius 2 is 1.79 bits per heavy atom. The van der Waals surface area contributed by atoms with Gasteiger partial charge in [-0.15, -0.1) is 6.58 Å². The smallest absolute Gasteiger partial charge is 0.00941 e. The van der Waals surface area contributed by atoms with Crippen LogP contribution in [0.3, 0.4) is 0 Å². The summed E-state index contributed by atoms with van der Waals surface area (Å²) in [5.41, 5.74) is 9.63. The van der Waals surface area contributed by atoms with Gasteiger partial charge in [0.25, 0.3) is 0 Å². The molecule has 0 fully saturated rings. The van der Waals surface area contributed by atoms with Crippen LogP contribution in [0.2, 0.25) is 0 Å². The molecule has 0 spiro atoms. The molecule has 2 aromatic rings. The summed E-state index contributed by atoms with van der Waals surface area (Å²) in [6.07, 6.45) is 11.5. The van der Waals surface area contributed by atoms with Crippen molar-refractivity contribution in [2.24, 2.45) is 0 Å². The molecule has 148 valence electrons. The first-order chi connectivity index (χ1) is 13.2. The zero-order valence-corrected chi connectivity index (χ0v) is 18.6. The molecule has 0 radical (unpaired) electrons. The third-order valence-corrected chi connectivity index (χ3v) is 5.15. The van der Waals surface area contributed by atoms with Gasteiger partial charge in [-0.25, -0.2) is 0 Å². The van der Waals surface area contributed by atoms with Crippen molar-refractivity contribution in [3.05, 3.63) is 95.1 Å². The van der Waals surface area contributed by atoms with Gasteiger partial charge in [0, 0.05) is 0 Å². The van der Waals surface area contributed by atoms with Crippen LogP contribution in [0.4, 0.5) is 0 Å². The molecular formula is C28H36. The molecule has 0 unspecified atom stereocenters. The summed E-state index contributed by atoms with van der Waals surface area (Å²) in [5, 5.41) is 0. The average molecular weight is 373 g/mol. The predicted molar refractivity (Wildman–Crippen MR) is 126 cm³/mol. The molecule has 0 heteroatoms. The van der Waals surface area contributed by atoms with Gasteiger partial charge in [0.2, 0.25) is 0 Å². The highest BCUT2D eigenvalue weighted by Gasteiger charge is 2.18. The monoisotopic (exact) mass is 372 g/mol. The number of allylic oxidation sites excluding steroid dienone is 5. The summed E-state index contributed by atoms with van der Waals surface area (Å²) in [6, 6.07) is 13.9. The minimum absolute atomic E-state index is 0.144. The van der Waals surface area contributed by atoms with Gasteiger partial charge in [-0.3, -0.25) is 0 Å². The molecule has 0 bridgehead atoms. The molecule has 2 aromatic carbocycles. The first-order valence-electron chi connectivity index (χ1n) is 10.4. The lowest BCUT2D eigenvalue weighted by atomic mass is 9.81. The van der Waals surface area contributed by atoms with E-state index in [1.807, 2.05) is 6.92 Å². The van der Waals surface area contributed by atoms with E-state index >= 15 is 0 Å². The van der Waals surface area contributed by atoms with Gasteiger partial charge in [-0.1, -0.05) is 87.0 Å². The molecule has 0 nitrogen and oxygen atoms in total. The van der Waals surface area contributed by atoms with Crippen LogP contribution in [0, 0.1) is 6.92 Å². The second kappa shape index (κ2) is 9.73. The molecule has 0 saturated heterocycles. The topological polar surface area (TPSA) is 0 Å². The molecule has 0 atom stereocenters. The van der Waals surface area contributed by atoms with Gasteiger partial charge in [0.1, 0.15) is 0 Å². The van der Waals surface area contributed by atoms with Gasteiger partial charge < -0.3 is 0 Å². The number of hydrogen-bond acceptors (Lipinski definition) is 0. The molecule has 0 aromatic heterocycles. The van der Waals surface area contributed by atoms with Gasteiger partial charge in [0.05, 0.1) is 0 Å². The van der Waals surface area contributed by atoms with Crippen LogP contribution < -0.4 is 0 Å². The Morgan fingerprint density at radius 3 is 2.43 bits per heavy atom. The van der Waals surface area contributed by atoms with Crippen molar-refractivity contribution in [2.75, 3.05) is 0 Å². The van der Waals surface area contributed by atoms with Crippen LogP contribution in [-0.2, 0) is 18.3 Å². The maximum Gasteiger partial charge on any atom is -0.00941 e. The second-order valence-corrected chi connectivity index (χ2v) is 8.89. The van der Waals surface area contributed by atoms with Crippen LogP contribution in [0.1, 0.15) is 63.3 Å². The molecule has 0 N–H and O–H groups in total. The summed E-state index contributed by atoms with van der Waals surface area (Å²) >= 11 is 0. The van der Waals surface area contributed by atoms with E-state index < -0.39 is 0 Å². The SMILES string of the molecule is C=C(C)CCc1ccc(C/C=C\C=C/C)cc1-c1ccc(C)c(C(C)(C)C)c1. The fourth-order valence-corrected chi connectivity index (χ4v) is 3.58. The van der Waals surface area contributed by atoms with E-state index in [9.17, 15) is 0 Å². The highest BCUT2D eigenvalue weighted by atomic mass is 14.2. The number of benzene rings is 2. The maximum absolute atomic E-state index is 4.09. The molecule has 0 saturated carbocycles. The lowest BCUT2D eigenvalue weighted by Gasteiger charge is -2.23. The molecule has 2 rings (SSSR count). The molecule has 0 aliphatic rings. The van der Waals surface area contributed by atoms with Gasteiger partial charge >= 0.3 is 0 Å². The summed E-state index contributed by atoms with van der Waals surface area (Å²) in [5.74, 6) is 0. The Hall–Kier alpha value is -2.34. The van der Waals surface area contributed by atoms with Gasteiger partial charge in [-0.2, -0.15) is 0 Å². The van der Waals surface area contributed by atoms with Gasteiger partial charge in [-0.05, 0) is 78.8 Å². The zero-order valence-electron chi connectivity index (χ0n) is 18.6. The molecular weight excluding hydrogens is 336 g/mol. The van der Waals surface area contributed by atoms with E-state index in [0.717, 1.165) is 19.3 Å². The van der Waals surface area contributed by atoms with Crippen molar-refractivity contribution in [3.63, 3.8) is 0 Å². The Balaban J connectivity index is 2.50. The van der Waals surface area contributed by atoms with Crippen molar-refractivity contribution in [3.8, 4) is 11.1 Å². The van der Waals surface area contributed by atoms with Crippen molar-refractivity contribution in [1.82, 2.24) is 0 Å². The third kappa shape index (κ3) is 6.09. The van der Waals surface area contributed by atoms with E-state index in [0.29, 0.717) is 0 Å². The quantitative estimate of drug-likeness (QED) is 0.340. The van der Waals surface area contributed by atoms with Crippen LogP contribution >= 0.6 is 0 Å². The summed E-state index contributed by atoms with van der Waals surface area (Å²) in [4.78, 5) is 0. The molecule has 0 amide bonds. The van der Waals surface area contributed by atoms with E-state index in [-0.39, 0.29) is 5.41 Å². The van der Waals surface area contributed by atoms with Gasteiger partial charge in [0.15, 0.2) is 0 Å². The third-order valence-electron chi connectivity index (χ3n) is 5.15. The number of aryl methyl sites for hydroxylation is 2. The van der Waals surface area contributed by atoms with Crippen molar-refractivity contribution < 1.29 is 0 Å². The molecule has 0 heterocycles. The summed E-state index contributed by atoms with van der Waals surface area (Å²) in [6.45, 7) is 17.4. The van der Waals surface area contributed by atoms with E-state index in [2.05, 4.69) is 102 Å². The Kier molecular flexibility index (Phi) is 7.63. The minimum Gasteiger partial charge on any atom is -0.100 e. The lowest BCUT2D eigenvalue weighted by molar-refractivity contribution is 0.586. The first kappa shape index (κ1) is 22.0. The lowest BCUT2D eigenvalue weighted by Crippen LogP contribution is -2.13. The zero-order chi connectivity index (χ0) is 20.7. The molecule has 0 aliphatic heterocycles. The fraction of sp³-hybridized carbons (Fsp3) is 0.357. The largest absolute Gasteiger partial charge is 0.100 e. The summed E-state index contributed by atoms with van der Waals surface area (Å²) < 4.78 is 0. The Labute approximate surface area is 172 Å². The highest BCUT2D eigenvalue weighted by Crippen LogP contribution is 2.33. The number of hydrogen-bond donors (Lipinski definition) is 0. The molecule has 28 heavy (non-hydrogen) atoms. The minimum atomic E-state index is 0.144. The van der Waals surface area contributed by atoms with Crippen LogP contribution in [-0.4, -0.2) is 0 Å². The van der Waals surface area contributed by atoms with Crippen molar-refractivity contribution in [2.45, 2.75) is 66.2 Å². The maximum atomic E-state index is 4.09. The van der Waals surface area contributed by atoms with Crippen LogP contribution in [0.5, 0.6) is 0 Å². The predicted octanol–water partition coefficient (Wildman–Crippen LogP) is 8.14. The molecule has 0 aliphatic carbocycles. The van der Waals surface area contributed by atoms with Crippen LogP contribution in [0.15, 0.2) is 72.9 Å². The highest BCUT2D eigenvalue weighted by molar-refractivity contribution is 5.70. The van der Waals surface area contributed by atoms with E-state index in [4.69, 9.17) is 0 Å². The van der Waals surface area contributed by atoms with Crippen LogP contribution in [0.25, 0.3) is 11.1 Å². The average Bonchev–Trinajstić information content (AvgIpc) is 2.63. The first-order valence-corrected chi connectivity index (χ1v) is 10.4. The van der Waals surface area contributed by atoms with E-state index in [1.165, 1.54) is 39.0 Å². The van der Waals surface area contributed by atoms with Crippen molar-refractivity contribution >= 4 is 0 Å². The standard InChI is InChI=1S/C28H36/c1-8-9-10-11-12-23-15-18-24(16-13-21(2)3)26(19-23)25-17-14-22(4)27(20-25)28(5,6)7/h8-11,14-15,17-20H,2,12-13,16H2,1,3-7H3/b9-8-,11-10-.